The summed E-state index contributed by atoms with van der Waals surface area (Å²) >= 11 is 0. The topological polar surface area (TPSA) is 63.6 Å². The van der Waals surface area contributed by atoms with Crippen LogP contribution in [0.1, 0.15) is 60.4 Å². The van der Waals surface area contributed by atoms with Crippen LogP contribution in [0.2, 0.25) is 0 Å². The highest BCUT2D eigenvalue weighted by atomic mass is 16.5. The fourth-order valence-electron chi connectivity index (χ4n) is 2.95. The van der Waals surface area contributed by atoms with Crippen LogP contribution in [-0.2, 0) is 5.41 Å². The molecule has 1 aliphatic heterocycles. The molecule has 0 radical (unpaired) electrons. The number of rotatable bonds is 2. The molecular formula is C15H18O4. The van der Waals surface area contributed by atoms with Crippen LogP contribution in [0, 0.1) is 0 Å². The summed E-state index contributed by atoms with van der Waals surface area (Å²) in [4.78, 5) is 22.3. The van der Waals surface area contributed by atoms with E-state index < -0.39 is 5.97 Å². The lowest BCUT2D eigenvalue weighted by atomic mass is 9.73. The van der Waals surface area contributed by atoms with Crippen molar-refractivity contribution in [3.05, 3.63) is 28.8 Å². The number of hydrogen-bond acceptors (Lipinski definition) is 3. The quantitative estimate of drug-likeness (QED) is 0.832. The van der Waals surface area contributed by atoms with Gasteiger partial charge in [-0.2, -0.15) is 0 Å². The van der Waals surface area contributed by atoms with Gasteiger partial charge in [-0.15, -0.1) is 0 Å². The van der Waals surface area contributed by atoms with Crippen LogP contribution in [0.4, 0.5) is 0 Å². The average Bonchev–Trinajstić information content (AvgIpc) is 2.25. The maximum atomic E-state index is 11.2. The molecule has 1 aromatic carbocycles. The number of benzene rings is 1. The Kier molecular flexibility index (Phi) is 2.92. The van der Waals surface area contributed by atoms with Gasteiger partial charge in [0, 0.05) is 5.56 Å². The second-order valence-corrected chi connectivity index (χ2v) is 6.29. The van der Waals surface area contributed by atoms with Gasteiger partial charge in [-0.3, -0.25) is 4.79 Å². The second kappa shape index (κ2) is 4.08. The van der Waals surface area contributed by atoms with Crippen LogP contribution in [0.15, 0.2) is 12.1 Å². The lowest BCUT2D eigenvalue weighted by Crippen LogP contribution is -2.41. The summed E-state index contributed by atoms with van der Waals surface area (Å²) in [7, 11) is 0. The zero-order chi connectivity index (χ0) is 14.4. The summed E-state index contributed by atoms with van der Waals surface area (Å²) in [5.41, 5.74) is 0.598. The van der Waals surface area contributed by atoms with Crippen molar-refractivity contribution in [2.75, 3.05) is 0 Å². The molecule has 0 unspecified atom stereocenters. The number of carboxylic acid groups (broad SMARTS) is 1. The van der Waals surface area contributed by atoms with Gasteiger partial charge in [-0.25, -0.2) is 4.79 Å². The SMILES string of the molecule is CC1(C)CC(C)(C)c2cc(C(=O)O)cc(C=O)c2O1. The maximum absolute atomic E-state index is 11.2. The molecule has 0 saturated heterocycles. The van der Waals surface area contributed by atoms with E-state index in [0.29, 0.717) is 17.6 Å². The van der Waals surface area contributed by atoms with E-state index in [1.807, 2.05) is 27.7 Å². The maximum Gasteiger partial charge on any atom is 0.335 e. The molecule has 0 aromatic heterocycles. The molecule has 0 saturated carbocycles. The van der Waals surface area contributed by atoms with Crippen LogP contribution >= 0.6 is 0 Å². The van der Waals surface area contributed by atoms with E-state index in [1.54, 1.807) is 6.07 Å². The first kappa shape index (κ1) is 13.6. The van der Waals surface area contributed by atoms with Gasteiger partial charge in [0.05, 0.1) is 11.1 Å². The molecule has 102 valence electrons. The van der Waals surface area contributed by atoms with Crippen molar-refractivity contribution in [3.63, 3.8) is 0 Å². The number of hydrogen-bond donors (Lipinski definition) is 1. The van der Waals surface area contributed by atoms with Crippen molar-refractivity contribution in [2.45, 2.75) is 45.1 Å². The number of fused-ring (bicyclic) bond motifs is 1. The van der Waals surface area contributed by atoms with E-state index in [4.69, 9.17) is 9.84 Å². The van der Waals surface area contributed by atoms with Crippen LogP contribution in [0.5, 0.6) is 5.75 Å². The fourth-order valence-corrected chi connectivity index (χ4v) is 2.95. The van der Waals surface area contributed by atoms with E-state index >= 15 is 0 Å². The first-order valence-corrected chi connectivity index (χ1v) is 6.22. The molecule has 0 atom stereocenters. The smallest absolute Gasteiger partial charge is 0.335 e. The third kappa shape index (κ3) is 2.35. The van der Waals surface area contributed by atoms with Crippen LogP contribution in [0.25, 0.3) is 0 Å². The molecule has 0 fully saturated rings. The van der Waals surface area contributed by atoms with E-state index in [-0.39, 0.29) is 16.6 Å². The molecule has 1 heterocycles. The van der Waals surface area contributed by atoms with Gasteiger partial charge in [0.1, 0.15) is 11.4 Å². The zero-order valence-corrected chi connectivity index (χ0v) is 11.6. The Bertz CT molecular complexity index is 556. The van der Waals surface area contributed by atoms with Crippen molar-refractivity contribution in [3.8, 4) is 5.75 Å². The molecule has 0 amide bonds. The fraction of sp³-hybridized carbons (Fsp3) is 0.467. The van der Waals surface area contributed by atoms with E-state index in [2.05, 4.69) is 0 Å². The third-order valence-electron chi connectivity index (χ3n) is 3.47. The molecule has 4 heteroatoms. The van der Waals surface area contributed by atoms with Gasteiger partial charge in [-0.05, 0) is 37.8 Å². The highest BCUT2D eigenvalue weighted by Gasteiger charge is 2.40. The minimum atomic E-state index is -1.04. The van der Waals surface area contributed by atoms with Crippen molar-refractivity contribution in [1.29, 1.82) is 0 Å². The summed E-state index contributed by atoms with van der Waals surface area (Å²) < 4.78 is 5.89. The molecule has 2 rings (SSSR count). The van der Waals surface area contributed by atoms with Crippen molar-refractivity contribution < 1.29 is 19.4 Å². The van der Waals surface area contributed by atoms with E-state index in [0.717, 1.165) is 12.0 Å². The van der Waals surface area contributed by atoms with Gasteiger partial charge in [-0.1, -0.05) is 13.8 Å². The minimum Gasteiger partial charge on any atom is -0.487 e. The highest BCUT2D eigenvalue weighted by Crippen LogP contribution is 2.46. The number of aromatic carboxylic acids is 1. The predicted octanol–water partition coefficient (Wildman–Crippen LogP) is 3.04. The van der Waals surface area contributed by atoms with Crippen LogP contribution in [-0.4, -0.2) is 23.0 Å². The summed E-state index contributed by atoms with van der Waals surface area (Å²) in [6, 6.07) is 2.98. The Morgan fingerprint density at radius 1 is 1.32 bits per heavy atom. The Labute approximate surface area is 112 Å². The first-order chi connectivity index (χ1) is 8.66. The summed E-state index contributed by atoms with van der Waals surface area (Å²) in [5, 5.41) is 9.12. The molecule has 0 bridgehead atoms. The normalized spacial score (nSPS) is 19.2. The number of aldehydes is 1. The molecule has 19 heavy (non-hydrogen) atoms. The number of carbonyl (C=O) groups is 2. The van der Waals surface area contributed by atoms with Crippen LogP contribution < -0.4 is 4.74 Å². The lowest BCUT2D eigenvalue weighted by molar-refractivity contribution is 0.0522. The van der Waals surface area contributed by atoms with Crippen molar-refractivity contribution in [1.82, 2.24) is 0 Å². The number of ether oxygens (including phenoxy) is 1. The van der Waals surface area contributed by atoms with Gasteiger partial charge >= 0.3 is 5.97 Å². The molecule has 1 aromatic rings. The molecular weight excluding hydrogens is 244 g/mol. The Hall–Kier alpha value is -1.84. The minimum absolute atomic E-state index is 0.122. The van der Waals surface area contributed by atoms with Crippen molar-refractivity contribution >= 4 is 12.3 Å². The second-order valence-electron chi connectivity index (χ2n) is 6.29. The molecule has 0 aliphatic carbocycles. The van der Waals surface area contributed by atoms with Crippen LogP contribution in [0.3, 0.4) is 0 Å². The highest BCUT2D eigenvalue weighted by molar-refractivity contribution is 5.92. The summed E-state index contributed by atoms with van der Waals surface area (Å²) in [5.74, 6) is -0.521. The van der Waals surface area contributed by atoms with Gasteiger partial charge < -0.3 is 9.84 Å². The van der Waals surface area contributed by atoms with E-state index in [1.165, 1.54) is 6.07 Å². The number of carboxylic acids is 1. The predicted molar refractivity (Wildman–Crippen MR) is 71.1 cm³/mol. The average molecular weight is 262 g/mol. The van der Waals surface area contributed by atoms with E-state index in [9.17, 15) is 9.59 Å². The lowest BCUT2D eigenvalue weighted by Gasteiger charge is -2.43. The first-order valence-electron chi connectivity index (χ1n) is 6.22. The number of carbonyl (C=O) groups excluding carboxylic acids is 1. The monoisotopic (exact) mass is 262 g/mol. The Morgan fingerprint density at radius 3 is 2.47 bits per heavy atom. The molecule has 1 aliphatic rings. The molecule has 4 nitrogen and oxygen atoms in total. The molecule has 1 N–H and O–H groups in total. The summed E-state index contributed by atoms with van der Waals surface area (Å²) in [6.45, 7) is 8.02. The molecule has 0 spiro atoms. The van der Waals surface area contributed by atoms with Gasteiger partial charge in [0.2, 0.25) is 0 Å². The van der Waals surface area contributed by atoms with Crippen molar-refractivity contribution in [2.24, 2.45) is 0 Å². The third-order valence-corrected chi connectivity index (χ3v) is 3.47. The standard InChI is InChI=1S/C15H18O4/c1-14(2)8-15(3,4)19-12-10(7-16)5-9(13(17)18)6-11(12)14/h5-7H,8H2,1-4H3,(H,17,18). The zero-order valence-electron chi connectivity index (χ0n) is 11.6. The van der Waals surface area contributed by atoms with Gasteiger partial charge in [0.25, 0.3) is 0 Å². The Morgan fingerprint density at radius 2 is 1.95 bits per heavy atom. The Balaban J connectivity index is 2.72. The van der Waals surface area contributed by atoms with Gasteiger partial charge in [0.15, 0.2) is 6.29 Å². The summed E-state index contributed by atoms with van der Waals surface area (Å²) in [6.07, 6.45) is 1.41. The largest absolute Gasteiger partial charge is 0.487 e.